The molecule has 1 aliphatic heterocycles. The van der Waals surface area contributed by atoms with E-state index < -0.39 is 0 Å². The van der Waals surface area contributed by atoms with Crippen LogP contribution in [0.3, 0.4) is 0 Å². The molecule has 0 atom stereocenters. The van der Waals surface area contributed by atoms with E-state index in [2.05, 4.69) is 33.7 Å². The number of amides is 1. The Morgan fingerprint density at radius 3 is 2.55 bits per heavy atom. The van der Waals surface area contributed by atoms with Crippen molar-refractivity contribution in [1.29, 1.82) is 0 Å². The summed E-state index contributed by atoms with van der Waals surface area (Å²) in [6.07, 6.45) is 0. The van der Waals surface area contributed by atoms with Crippen LogP contribution >= 0.6 is 11.6 Å². The number of imidazole rings is 1. The molecule has 0 bridgehead atoms. The van der Waals surface area contributed by atoms with Gasteiger partial charge in [-0.2, -0.15) is 0 Å². The number of halogens is 1. The molecular formula is C22H26ClN5O. The van der Waals surface area contributed by atoms with Crippen LogP contribution in [0.5, 0.6) is 0 Å². The van der Waals surface area contributed by atoms with E-state index in [1.165, 1.54) is 0 Å². The van der Waals surface area contributed by atoms with Gasteiger partial charge in [0.1, 0.15) is 5.82 Å². The standard InChI is InChI=1S/C22H26ClN5O/c1-3-27-10-12-28(13-11-27)15-21-25-19-14-16(8-9-20(19)26(21)2)24-22(29)17-6-4-5-7-18(17)23/h4-9,14H,3,10-13,15H2,1-2H3,(H,24,29). The number of nitrogens with zero attached hydrogens (tertiary/aromatic N) is 4. The second kappa shape index (κ2) is 8.53. The van der Waals surface area contributed by atoms with E-state index in [4.69, 9.17) is 16.6 Å². The summed E-state index contributed by atoms with van der Waals surface area (Å²) in [7, 11) is 2.05. The Kier molecular flexibility index (Phi) is 5.85. The topological polar surface area (TPSA) is 53.4 Å². The van der Waals surface area contributed by atoms with Crippen LogP contribution in [0.1, 0.15) is 23.1 Å². The highest BCUT2D eigenvalue weighted by Gasteiger charge is 2.18. The Morgan fingerprint density at radius 1 is 1.10 bits per heavy atom. The van der Waals surface area contributed by atoms with Gasteiger partial charge in [-0.25, -0.2) is 4.98 Å². The Hall–Kier alpha value is -2.41. The van der Waals surface area contributed by atoms with E-state index in [-0.39, 0.29) is 5.91 Å². The van der Waals surface area contributed by atoms with E-state index in [0.717, 1.165) is 56.1 Å². The Morgan fingerprint density at radius 2 is 1.83 bits per heavy atom. The van der Waals surface area contributed by atoms with Crippen molar-refractivity contribution in [2.45, 2.75) is 13.5 Å². The van der Waals surface area contributed by atoms with E-state index in [1.807, 2.05) is 24.3 Å². The maximum absolute atomic E-state index is 12.5. The molecule has 2 heterocycles. The van der Waals surface area contributed by atoms with Crippen molar-refractivity contribution in [2.75, 3.05) is 38.0 Å². The lowest BCUT2D eigenvalue weighted by molar-refractivity contribution is 0.102. The van der Waals surface area contributed by atoms with Crippen molar-refractivity contribution in [3.05, 3.63) is 58.9 Å². The van der Waals surface area contributed by atoms with Gasteiger partial charge >= 0.3 is 0 Å². The smallest absolute Gasteiger partial charge is 0.257 e. The van der Waals surface area contributed by atoms with Gasteiger partial charge < -0.3 is 14.8 Å². The molecule has 29 heavy (non-hydrogen) atoms. The molecule has 0 unspecified atom stereocenters. The van der Waals surface area contributed by atoms with Gasteiger partial charge in [0, 0.05) is 38.9 Å². The highest BCUT2D eigenvalue weighted by Crippen LogP contribution is 2.22. The SMILES string of the molecule is CCN1CCN(Cc2nc3cc(NC(=O)c4ccccc4Cl)ccc3n2C)CC1. The van der Waals surface area contributed by atoms with Gasteiger partial charge in [-0.3, -0.25) is 9.69 Å². The monoisotopic (exact) mass is 411 g/mol. The van der Waals surface area contributed by atoms with Gasteiger partial charge in [0.2, 0.25) is 0 Å². The predicted molar refractivity (Wildman–Crippen MR) is 118 cm³/mol. The van der Waals surface area contributed by atoms with Crippen LogP contribution in [0.15, 0.2) is 42.5 Å². The molecule has 1 saturated heterocycles. The van der Waals surface area contributed by atoms with Gasteiger partial charge in [-0.1, -0.05) is 30.7 Å². The Bertz CT molecular complexity index is 1020. The maximum atomic E-state index is 12.5. The number of anilines is 1. The summed E-state index contributed by atoms with van der Waals surface area (Å²) >= 11 is 6.13. The number of rotatable bonds is 5. The number of fused-ring (bicyclic) bond motifs is 1. The van der Waals surface area contributed by atoms with Crippen molar-refractivity contribution in [3.8, 4) is 0 Å². The number of hydrogen-bond donors (Lipinski definition) is 1. The number of likely N-dealkylation sites (N-methyl/N-ethyl adjacent to an activating group) is 1. The minimum absolute atomic E-state index is 0.222. The van der Waals surface area contributed by atoms with E-state index >= 15 is 0 Å². The Balaban J connectivity index is 1.50. The molecule has 0 spiro atoms. The van der Waals surface area contributed by atoms with Crippen LogP contribution in [-0.2, 0) is 13.6 Å². The number of aromatic nitrogens is 2. The van der Waals surface area contributed by atoms with Gasteiger partial charge in [0.15, 0.2) is 0 Å². The lowest BCUT2D eigenvalue weighted by Crippen LogP contribution is -2.45. The zero-order valence-corrected chi connectivity index (χ0v) is 17.6. The molecule has 1 N–H and O–H groups in total. The molecule has 6 nitrogen and oxygen atoms in total. The number of nitrogens with one attached hydrogen (secondary N) is 1. The summed E-state index contributed by atoms with van der Waals surface area (Å²) < 4.78 is 2.14. The molecule has 1 aromatic heterocycles. The van der Waals surface area contributed by atoms with Gasteiger partial charge in [-0.05, 0) is 36.9 Å². The van der Waals surface area contributed by atoms with Crippen LogP contribution in [0, 0.1) is 0 Å². The highest BCUT2D eigenvalue weighted by atomic mass is 35.5. The lowest BCUT2D eigenvalue weighted by Gasteiger charge is -2.33. The van der Waals surface area contributed by atoms with Gasteiger partial charge in [-0.15, -0.1) is 0 Å². The maximum Gasteiger partial charge on any atom is 0.257 e. The molecule has 0 aliphatic carbocycles. The van der Waals surface area contributed by atoms with Crippen molar-refractivity contribution in [2.24, 2.45) is 7.05 Å². The third-order valence-electron chi connectivity index (χ3n) is 5.63. The molecule has 1 amide bonds. The zero-order chi connectivity index (χ0) is 20.4. The first kappa shape index (κ1) is 19.9. The average molecular weight is 412 g/mol. The largest absolute Gasteiger partial charge is 0.330 e. The lowest BCUT2D eigenvalue weighted by atomic mass is 10.2. The first-order valence-corrected chi connectivity index (χ1v) is 10.4. The first-order chi connectivity index (χ1) is 14.0. The number of carbonyl (C=O) groups excluding carboxylic acids is 1. The van der Waals surface area contributed by atoms with Crippen LogP contribution in [0.2, 0.25) is 5.02 Å². The quantitative estimate of drug-likeness (QED) is 0.696. The Labute approximate surface area is 176 Å². The molecule has 2 aromatic carbocycles. The number of piperazine rings is 1. The van der Waals surface area contributed by atoms with Crippen LogP contribution in [0.4, 0.5) is 5.69 Å². The fourth-order valence-corrected chi connectivity index (χ4v) is 4.00. The zero-order valence-electron chi connectivity index (χ0n) is 16.9. The minimum Gasteiger partial charge on any atom is -0.330 e. The fourth-order valence-electron chi connectivity index (χ4n) is 3.78. The van der Waals surface area contributed by atoms with Crippen molar-refractivity contribution >= 4 is 34.2 Å². The summed E-state index contributed by atoms with van der Waals surface area (Å²) in [6.45, 7) is 8.51. The summed E-state index contributed by atoms with van der Waals surface area (Å²) in [4.78, 5) is 22.3. The summed E-state index contributed by atoms with van der Waals surface area (Å²) in [6, 6.07) is 12.9. The molecular weight excluding hydrogens is 386 g/mol. The van der Waals surface area contributed by atoms with Crippen LogP contribution in [0.25, 0.3) is 11.0 Å². The van der Waals surface area contributed by atoms with Crippen molar-refractivity contribution in [3.63, 3.8) is 0 Å². The van der Waals surface area contributed by atoms with Gasteiger partial charge in [0.05, 0.1) is 28.2 Å². The highest BCUT2D eigenvalue weighted by molar-refractivity contribution is 6.34. The second-order valence-electron chi connectivity index (χ2n) is 7.43. The predicted octanol–water partition coefficient (Wildman–Crippen LogP) is 3.62. The summed E-state index contributed by atoms with van der Waals surface area (Å²) in [5.41, 5.74) is 3.11. The van der Waals surface area contributed by atoms with Crippen LogP contribution < -0.4 is 5.32 Å². The third-order valence-corrected chi connectivity index (χ3v) is 5.96. The van der Waals surface area contributed by atoms with Crippen molar-refractivity contribution < 1.29 is 4.79 Å². The molecule has 7 heteroatoms. The number of carbonyl (C=O) groups is 1. The average Bonchev–Trinajstić information content (AvgIpc) is 3.03. The van der Waals surface area contributed by atoms with Gasteiger partial charge in [0.25, 0.3) is 5.91 Å². The molecule has 0 radical (unpaired) electrons. The number of hydrogen-bond acceptors (Lipinski definition) is 4. The number of aryl methyl sites for hydroxylation is 1. The molecule has 1 aliphatic rings. The first-order valence-electron chi connectivity index (χ1n) is 10.0. The van der Waals surface area contributed by atoms with E-state index in [1.54, 1.807) is 18.2 Å². The normalized spacial score (nSPS) is 15.7. The van der Waals surface area contributed by atoms with E-state index in [0.29, 0.717) is 16.3 Å². The fraction of sp³-hybridized carbons (Fsp3) is 0.364. The number of benzene rings is 2. The van der Waals surface area contributed by atoms with Crippen molar-refractivity contribution in [1.82, 2.24) is 19.4 Å². The van der Waals surface area contributed by atoms with E-state index in [9.17, 15) is 4.79 Å². The molecule has 3 aromatic rings. The molecule has 152 valence electrons. The second-order valence-corrected chi connectivity index (χ2v) is 7.84. The summed E-state index contributed by atoms with van der Waals surface area (Å²) in [5.74, 6) is 0.819. The van der Waals surface area contributed by atoms with Crippen LogP contribution in [-0.4, -0.2) is 58.0 Å². The third kappa shape index (κ3) is 4.29. The molecule has 1 fully saturated rings. The molecule has 4 rings (SSSR count). The molecule has 0 saturated carbocycles. The minimum atomic E-state index is -0.222. The summed E-state index contributed by atoms with van der Waals surface area (Å²) in [5, 5.41) is 3.36.